The highest BCUT2D eigenvalue weighted by molar-refractivity contribution is 5.28. The molecule has 1 fully saturated rings. The first kappa shape index (κ1) is 12.0. The summed E-state index contributed by atoms with van der Waals surface area (Å²) in [5, 5.41) is 13.9. The van der Waals surface area contributed by atoms with Crippen LogP contribution in [0.1, 0.15) is 31.4 Å². The Kier molecular flexibility index (Phi) is 3.68. The smallest absolute Gasteiger partial charge is 0.287 e. The Hall–Kier alpha value is -1.49. The van der Waals surface area contributed by atoms with Crippen molar-refractivity contribution in [2.45, 2.75) is 25.7 Å². The molecule has 0 spiro atoms. The van der Waals surface area contributed by atoms with Crippen molar-refractivity contribution in [1.29, 1.82) is 0 Å². The number of nitro groups is 1. The Morgan fingerprint density at radius 2 is 2.18 bits per heavy atom. The van der Waals surface area contributed by atoms with Gasteiger partial charge in [0.05, 0.1) is 4.92 Å². The van der Waals surface area contributed by atoms with Gasteiger partial charge in [-0.1, -0.05) is 6.92 Å². The van der Waals surface area contributed by atoms with Crippen LogP contribution < -0.4 is 5.32 Å². The summed E-state index contributed by atoms with van der Waals surface area (Å²) in [6.07, 6.45) is 3.66. The number of pyridine rings is 1. The van der Waals surface area contributed by atoms with Crippen LogP contribution in [0.15, 0.2) is 18.3 Å². The van der Waals surface area contributed by atoms with Crippen LogP contribution in [-0.2, 0) is 0 Å². The number of rotatable bonds is 3. The van der Waals surface area contributed by atoms with Crippen LogP contribution in [-0.4, -0.2) is 23.0 Å². The Balaban J connectivity index is 2.07. The predicted molar refractivity (Wildman–Crippen MR) is 64.9 cm³/mol. The minimum atomic E-state index is -0.411. The molecule has 1 aliphatic rings. The highest BCUT2D eigenvalue weighted by Crippen LogP contribution is 2.29. The topological polar surface area (TPSA) is 68.1 Å². The number of piperidine rings is 1. The van der Waals surface area contributed by atoms with Gasteiger partial charge >= 0.3 is 0 Å². The van der Waals surface area contributed by atoms with Crippen LogP contribution in [0.2, 0.25) is 0 Å². The van der Waals surface area contributed by atoms with Gasteiger partial charge in [-0.05, 0) is 37.9 Å². The van der Waals surface area contributed by atoms with Gasteiger partial charge in [-0.3, -0.25) is 15.1 Å². The summed E-state index contributed by atoms with van der Waals surface area (Å²) in [7, 11) is 0. The van der Waals surface area contributed by atoms with Crippen molar-refractivity contribution in [2.24, 2.45) is 5.92 Å². The third-order valence-corrected chi connectivity index (χ3v) is 3.54. The highest BCUT2D eigenvalue weighted by Gasteiger charge is 2.22. The molecule has 2 heterocycles. The molecule has 5 nitrogen and oxygen atoms in total. The van der Waals surface area contributed by atoms with Crippen molar-refractivity contribution < 1.29 is 4.92 Å². The molecule has 0 radical (unpaired) electrons. The molecule has 1 saturated heterocycles. The molecule has 0 amide bonds. The molecule has 92 valence electrons. The lowest BCUT2D eigenvalue weighted by Crippen LogP contribution is -2.30. The van der Waals surface area contributed by atoms with Crippen molar-refractivity contribution in [3.8, 4) is 0 Å². The monoisotopic (exact) mass is 235 g/mol. The lowest BCUT2D eigenvalue weighted by molar-refractivity contribution is -0.385. The fourth-order valence-electron chi connectivity index (χ4n) is 2.36. The van der Waals surface area contributed by atoms with Gasteiger partial charge in [0.25, 0.3) is 5.69 Å². The van der Waals surface area contributed by atoms with Crippen LogP contribution in [0.25, 0.3) is 0 Å². The normalized spacial score (nSPS) is 18.9. The SMILES string of the molecule is CC(c1ccc([N+](=O)[O-])cn1)C1CCNCC1. The average Bonchev–Trinajstić information content (AvgIpc) is 2.39. The first-order valence-electron chi connectivity index (χ1n) is 5.99. The zero-order chi connectivity index (χ0) is 12.3. The lowest BCUT2D eigenvalue weighted by atomic mass is 9.84. The Labute approximate surface area is 100 Å². The molecule has 1 aliphatic heterocycles. The largest absolute Gasteiger partial charge is 0.317 e. The van der Waals surface area contributed by atoms with Crippen molar-refractivity contribution in [1.82, 2.24) is 10.3 Å². The zero-order valence-electron chi connectivity index (χ0n) is 9.93. The van der Waals surface area contributed by atoms with E-state index in [2.05, 4.69) is 17.2 Å². The van der Waals surface area contributed by atoms with E-state index in [-0.39, 0.29) is 5.69 Å². The molecule has 1 atom stereocenters. The van der Waals surface area contributed by atoms with Gasteiger partial charge in [-0.25, -0.2) is 0 Å². The third-order valence-electron chi connectivity index (χ3n) is 3.54. The van der Waals surface area contributed by atoms with E-state index in [1.807, 2.05) is 0 Å². The number of hydrogen-bond acceptors (Lipinski definition) is 4. The van der Waals surface area contributed by atoms with Crippen molar-refractivity contribution in [2.75, 3.05) is 13.1 Å². The fraction of sp³-hybridized carbons (Fsp3) is 0.583. The Morgan fingerprint density at radius 1 is 1.47 bits per heavy atom. The minimum absolute atomic E-state index is 0.0614. The molecular formula is C12H17N3O2. The average molecular weight is 235 g/mol. The van der Waals surface area contributed by atoms with Gasteiger partial charge in [-0.2, -0.15) is 0 Å². The van der Waals surface area contributed by atoms with Crippen molar-refractivity contribution in [3.63, 3.8) is 0 Å². The molecule has 1 aromatic heterocycles. The molecule has 1 N–H and O–H groups in total. The Morgan fingerprint density at radius 3 is 2.71 bits per heavy atom. The molecule has 0 saturated carbocycles. The molecule has 17 heavy (non-hydrogen) atoms. The van der Waals surface area contributed by atoms with Crippen LogP contribution in [0.3, 0.4) is 0 Å². The van der Waals surface area contributed by atoms with Gasteiger partial charge in [0.2, 0.25) is 0 Å². The van der Waals surface area contributed by atoms with Gasteiger partial charge in [-0.15, -0.1) is 0 Å². The second-order valence-electron chi connectivity index (χ2n) is 4.57. The number of aromatic nitrogens is 1. The molecule has 0 bridgehead atoms. The van der Waals surface area contributed by atoms with E-state index >= 15 is 0 Å². The molecule has 5 heteroatoms. The second-order valence-corrected chi connectivity index (χ2v) is 4.57. The van der Waals surface area contributed by atoms with E-state index < -0.39 is 4.92 Å². The number of nitrogens with zero attached hydrogens (tertiary/aromatic N) is 2. The highest BCUT2D eigenvalue weighted by atomic mass is 16.6. The van der Waals surface area contributed by atoms with Crippen LogP contribution in [0.5, 0.6) is 0 Å². The summed E-state index contributed by atoms with van der Waals surface area (Å²) in [6, 6.07) is 3.32. The third kappa shape index (κ3) is 2.79. The van der Waals surface area contributed by atoms with E-state index in [4.69, 9.17) is 0 Å². The molecular weight excluding hydrogens is 218 g/mol. The van der Waals surface area contributed by atoms with Gasteiger partial charge in [0.15, 0.2) is 0 Å². The summed E-state index contributed by atoms with van der Waals surface area (Å²) in [5.41, 5.74) is 1.02. The fourth-order valence-corrected chi connectivity index (χ4v) is 2.36. The molecule has 0 aliphatic carbocycles. The predicted octanol–water partition coefficient (Wildman–Crippen LogP) is 2.09. The van der Waals surface area contributed by atoms with E-state index in [9.17, 15) is 10.1 Å². The summed E-state index contributed by atoms with van der Waals surface area (Å²) < 4.78 is 0. The summed E-state index contributed by atoms with van der Waals surface area (Å²) in [4.78, 5) is 14.3. The van der Waals surface area contributed by atoms with Crippen LogP contribution >= 0.6 is 0 Å². The maximum Gasteiger partial charge on any atom is 0.287 e. The summed E-state index contributed by atoms with van der Waals surface area (Å²) in [6.45, 7) is 4.27. The molecule has 1 unspecified atom stereocenters. The van der Waals surface area contributed by atoms with Crippen molar-refractivity contribution >= 4 is 5.69 Å². The van der Waals surface area contributed by atoms with E-state index in [1.165, 1.54) is 6.20 Å². The number of hydrogen-bond donors (Lipinski definition) is 1. The van der Waals surface area contributed by atoms with Gasteiger partial charge in [0.1, 0.15) is 6.20 Å². The second kappa shape index (κ2) is 5.23. The standard InChI is InChI=1S/C12H17N3O2/c1-9(10-4-6-13-7-5-10)12-3-2-11(8-14-12)15(16)17/h2-3,8-10,13H,4-7H2,1H3. The number of nitrogens with one attached hydrogen (secondary N) is 1. The maximum atomic E-state index is 10.5. The minimum Gasteiger partial charge on any atom is -0.317 e. The van der Waals surface area contributed by atoms with Gasteiger partial charge in [0, 0.05) is 17.7 Å². The lowest BCUT2D eigenvalue weighted by Gasteiger charge is -2.27. The van der Waals surface area contributed by atoms with Crippen molar-refractivity contribution in [3.05, 3.63) is 34.1 Å². The zero-order valence-corrected chi connectivity index (χ0v) is 9.93. The quantitative estimate of drug-likeness (QED) is 0.643. The van der Waals surface area contributed by atoms with Gasteiger partial charge < -0.3 is 5.32 Å². The molecule has 0 aromatic carbocycles. The maximum absolute atomic E-state index is 10.5. The first-order chi connectivity index (χ1) is 8.18. The van der Waals surface area contributed by atoms with Crippen LogP contribution in [0, 0.1) is 16.0 Å². The van der Waals surface area contributed by atoms with E-state index in [1.54, 1.807) is 12.1 Å². The molecule has 1 aromatic rings. The van der Waals surface area contributed by atoms with E-state index in [0.717, 1.165) is 31.6 Å². The summed E-state index contributed by atoms with van der Waals surface area (Å²) >= 11 is 0. The summed E-state index contributed by atoms with van der Waals surface area (Å²) in [5.74, 6) is 1.00. The Bertz CT molecular complexity index is 385. The van der Waals surface area contributed by atoms with Crippen LogP contribution in [0.4, 0.5) is 5.69 Å². The van der Waals surface area contributed by atoms with E-state index in [0.29, 0.717) is 11.8 Å². The molecule has 2 rings (SSSR count). The first-order valence-corrected chi connectivity index (χ1v) is 5.99.